The van der Waals surface area contributed by atoms with Crippen LogP contribution < -0.4 is 11.3 Å². The largest absolute Gasteiger partial charge is 0.476 e. The lowest BCUT2D eigenvalue weighted by Crippen LogP contribution is -2.20. The first kappa shape index (κ1) is 18.2. The van der Waals surface area contributed by atoms with Crippen molar-refractivity contribution in [3.63, 3.8) is 0 Å². The van der Waals surface area contributed by atoms with Crippen molar-refractivity contribution in [3.05, 3.63) is 64.5 Å². The molecule has 0 aliphatic heterocycles. The zero-order valence-electron chi connectivity index (χ0n) is 14.7. The highest BCUT2D eigenvalue weighted by atomic mass is 19.1. The number of nitrogens with two attached hydrogens (primary N) is 1. The van der Waals surface area contributed by atoms with E-state index in [1.165, 1.54) is 34.9 Å². The maximum absolute atomic E-state index is 14.4. The number of nitrogen functional groups attached to an aromatic ring is 1. The van der Waals surface area contributed by atoms with Gasteiger partial charge in [0.25, 0.3) is 5.56 Å². The van der Waals surface area contributed by atoms with Crippen LogP contribution in [0.25, 0.3) is 22.5 Å². The fourth-order valence-corrected chi connectivity index (χ4v) is 2.70. The second-order valence-corrected chi connectivity index (χ2v) is 6.20. The summed E-state index contributed by atoms with van der Waals surface area (Å²) in [6, 6.07) is 8.63. The van der Waals surface area contributed by atoms with Gasteiger partial charge in [0.15, 0.2) is 11.5 Å². The van der Waals surface area contributed by atoms with E-state index in [9.17, 15) is 19.1 Å². The third kappa shape index (κ3) is 3.41. The van der Waals surface area contributed by atoms with Crippen molar-refractivity contribution >= 4 is 11.8 Å². The van der Waals surface area contributed by atoms with Gasteiger partial charge in [-0.15, -0.1) is 0 Å². The number of carbonyl (C=O) groups is 1. The van der Waals surface area contributed by atoms with Gasteiger partial charge in [0, 0.05) is 29.4 Å². The fraction of sp³-hybridized carbons (Fsp3) is 0.158. The van der Waals surface area contributed by atoms with Crippen LogP contribution in [0.3, 0.4) is 0 Å². The van der Waals surface area contributed by atoms with Crippen LogP contribution in [0, 0.1) is 5.82 Å². The molecule has 2 heterocycles. The SMILES string of the molecule is CC(C)n1cc(-c2nc(C(=O)O)c(N)nc2-c2ccccc2F)ccc1=O. The third-order valence-electron chi connectivity index (χ3n) is 4.02. The molecule has 0 aliphatic rings. The first-order valence-electron chi connectivity index (χ1n) is 8.18. The van der Waals surface area contributed by atoms with Gasteiger partial charge in [-0.3, -0.25) is 4.79 Å². The maximum Gasteiger partial charge on any atom is 0.358 e. The Morgan fingerprint density at radius 2 is 1.85 bits per heavy atom. The Bertz CT molecular complexity index is 1090. The number of hydrogen-bond acceptors (Lipinski definition) is 5. The lowest BCUT2D eigenvalue weighted by molar-refractivity contribution is 0.0691. The molecule has 0 aliphatic carbocycles. The van der Waals surface area contributed by atoms with E-state index in [0.717, 1.165) is 0 Å². The standard InChI is InChI=1S/C19H17FN4O3/c1-10(2)24-9-11(7-8-14(24)25)15-16(12-5-3-4-6-13(12)20)23-18(21)17(22-15)19(26)27/h3-10H,1-2H3,(H2,21,23)(H,26,27). The van der Waals surface area contributed by atoms with Crippen molar-refractivity contribution in [1.82, 2.24) is 14.5 Å². The Morgan fingerprint density at radius 3 is 2.48 bits per heavy atom. The summed E-state index contributed by atoms with van der Waals surface area (Å²) in [7, 11) is 0. The Kier molecular flexibility index (Phi) is 4.72. The molecule has 2 aromatic heterocycles. The van der Waals surface area contributed by atoms with Crippen molar-refractivity contribution < 1.29 is 14.3 Å². The van der Waals surface area contributed by atoms with Crippen LogP contribution in [0.15, 0.2) is 47.4 Å². The number of carboxylic acids is 1. The zero-order valence-corrected chi connectivity index (χ0v) is 14.7. The quantitative estimate of drug-likeness (QED) is 0.732. The van der Waals surface area contributed by atoms with Gasteiger partial charge < -0.3 is 15.4 Å². The molecule has 0 amide bonds. The van der Waals surface area contributed by atoms with Crippen molar-refractivity contribution in [3.8, 4) is 22.5 Å². The van der Waals surface area contributed by atoms with Crippen molar-refractivity contribution in [2.24, 2.45) is 0 Å². The second kappa shape index (κ2) is 6.99. The molecule has 3 N–H and O–H groups in total. The predicted molar refractivity (Wildman–Crippen MR) is 98.9 cm³/mol. The number of carboxylic acid groups (broad SMARTS) is 1. The average molecular weight is 368 g/mol. The minimum atomic E-state index is -1.35. The molecular formula is C19H17FN4O3. The normalized spacial score (nSPS) is 11.0. The van der Waals surface area contributed by atoms with E-state index in [2.05, 4.69) is 9.97 Å². The van der Waals surface area contributed by atoms with Crippen LogP contribution in [0.4, 0.5) is 10.2 Å². The van der Waals surface area contributed by atoms with Crippen LogP contribution in [-0.4, -0.2) is 25.6 Å². The number of anilines is 1. The number of aromatic carboxylic acids is 1. The highest BCUT2D eigenvalue weighted by Gasteiger charge is 2.21. The Labute approximate surface area is 153 Å². The van der Waals surface area contributed by atoms with E-state index in [4.69, 9.17) is 5.73 Å². The van der Waals surface area contributed by atoms with Gasteiger partial charge in [-0.2, -0.15) is 0 Å². The van der Waals surface area contributed by atoms with Gasteiger partial charge in [-0.25, -0.2) is 19.2 Å². The third-order valence-corrected chi connectivity index (χ3v) is 4.02. The van der Waals surface area contributed by atoms with Gasteiger partial charge in [-0.1, -0.05) is 12.1 Å². The van der Waals surface area contributed by atoms with E-state index in [1.54, 1.807) is 12.3 Å². The topological polar surface area (TPSA) is 111 Å². The Hall–Kier alpha value is -3.55. The fourth-order valence-electron chi connectivity index (χ4n) is 2.70. The van der Waals surface area contributed by atoms with Gasteiger partial charge in [0.1, 0.15) is 11.5 Å². The summed E-state index contributed by atoms with van der Waals surface area (Å²) < 4.78 is 15.8. The number of aromatic nitrogens is 3. The van der Waals surface area contributed by atoms with E-state index in [1.807, 2.05) is 13.8 Å². The summed E-state index contributed by atoms with van der Waals surface area (Å²) >= 11 is 0. The minimum Gasteiger partial charge on any atom is -0.476 e. The van der Waals surface area contributed by atoms with Crippen molar-refractivity contribution in [2.75, 3.05) is 5.73 Å². The highest BCUT2D eigenvalue weighted by Crippen LogP contribution is 2.32. The Balaban J connectivity index is 2.35. The molecule has 1 aromatic carbocycles. The molecule has 0 unspecified atom stereocenters. The number of pyridine rings is 1. The van der Waals surface area contributed by atoms with E-state index >= 15 is 0 Å². The minimum absolute atomic E-state index is 0.101. The molecule has 0 saturated heterocycles. The molecule has 138 valence electrons. The monoisotopic (exact) mass is 368 g/mol. The zero-order chi connectivity index (χ0) is 19.7. The predicted octanol–water partition coefficient (Wildman–Crippen LogP) is 2.97. The van der Waals surface area contributed by atoms with Gasteiger partial charge >= 0.3 is 5.97 Å². The molecule has 0 atom stereocenters. The number of benzene rings is 1. The molecule has 0 spiro atoms. The van der Waals surface area contributed by atoms with Crippen LogP contribution in [0.2, 0.25) is 0 Å². The molecule has 0 radical (unpaired) electrons. The van der Waals surface area contributed by atoms with Crippen LogP contribution in [0.5, 0.6) is 0 Å². The molecule has 0 bridgehead atoms. The molecule has 27 heavy (non-hydrogen) atoms. The number of rotatable bonds is 4. The molecule has 0 saturated carbocycles. The average Bonchev–Trinajstić information content (AvgIpc) is 2.62. The van der Waals surface area contributed by atoms with E-state index in [0.29, 0.717) is 5.56 Å². The lowest BCUT2D eigenvalue weighted by Gasteiger charge is -2.15. The summed E-state index contributed by atoms with van der Waals surface area (Å²) in [4.78, 5) is 31.7. The number of nitrogens with zero attached hydrogens (tertiary/aromatic N) is 3. The van der Waals surface area contributed by atoms with E-state index in [-0.39, 0.29) is 34.4 Å². The van der Waals surface area contributed by atoms with Crippen LogP contribution in [-0.2, 0) is 0 Å². The lowest BCUT2D eigenvalue weighted by atomic mass is 10.0. The second-order valence-electron chi connectivity index (χ2n) is 6.20. The molecule has 7 nitrogen and oxygen atoms in total. The summed E-state index contributed by atoms with van der Waals surface area (Å²) in [6.45, 7) is 3.67. The Morgan fingerprint density at radius 1 is 1.15 bits per heavy atom. The highest BCUT2D eigenvalue weighted by molar-refractivity contribution is 5.92. The molecule has 3 aromatic rings. The van der Waals surface area contributed by atoms with Crippen molar-refractivity contribution in [1.29, 1.82) is 0 Å². The summed E-state index contributed by atoms with van der Waals surface area (Å²) in [5.74, 6) is -2.21. The van der Waals surface area contributed by atoms with Crippen molar-refractivity contribution in [2.45, 2.75) is 19.9 Å². The maximum atomic E-state index is 14.4. The molecular weight excluding hydrogens is 351 g/mol. The van der Waals surface area contributed by atoms with Gasteiger partial charge in [0.05, 0.1) is 5.69 Å². The van der Waals surface area contributed by atoms with Gasteiger partial charge in [-0.05, 0) is 32.0 Å². The van der Waals surface area contributed by atoms with Crippen LogP contribution >= 0.6 is 0 Å². The first-order chi connectivity index (χ1) is 12.8. The van der Waals surface area contributed by atoms with Crippen LogP contribution in [0.1, 0.15) is 30.4 Å². The molecule has 0 fully saturated rings. The summed E-state index contributed by atoms with van der Waals surface area (Å²) in [5.41, 5.74) is 5.86. The summed E-state index contributed by atoms with van der Waals surface area (Å²) in [5, 5.41) is 9.33. The number of halogens is 1. The van der Waals surface area contributed by atoms with E-state index < -0.39 is 17.5 Å². The molecule has 3 rings (SSSR count). The molecule has 8 heteroatoms. The smallest absolute Gasteiger partial charge is 0.358 e. The number of hydrogen-bond donors (Lipinski definition) is 2. The van der Waals surface area contributed by atoms with Gasteiger partial charge in [0.2, 0.25) is 0 Å². The summed E-state index contributed by atoms with van der Waals surface area (Å²) in [6.07, 6.45) is 1.54. The first-order valence-corrected chi connectivity index (χ1v) is 8.18.